The first-order valence-corrected chi connectivity index (χ1v) is 5.02. The number of rotatable bonds is 3. The van der Waals surface area contributed by atoms with Crippen molar-refractivity contribution in [1.82, 2.24) is 4.98 Å². The summed E-state index contributed by atoms with van der Waals surface area (Å²) in [5.74, 6) is 0.375. The fourth-order valence-electron chi connectivity index (χ4n) is 1.41. The number of alkyl halides is 3. The number of para-hydroxylation sites is 1. The van der Waals surface area contributed by atoms with Crippen LogP contribution >= 0.6 is 0 Å². The van der Waals surface area contributed by atoms with E-state index < -0.39 is 19.2 Å². The van der Waals surface area contributed by atoms with Crippen molar-refractivity contribution in [2.45, 2.75) is 12.6 Å². The molecule has 0 unspecified atom stereocenters. The van der Waals surface area contributed by atoms with Crippen molar-refractivity contribution in [2.75, 3.05) is 6.61 Å². The molecule has 5 heteroatoms. The monoisotopic (exact) mass is 240 g/mol. The van der Waals surface area contributed by atoms with Crippen LogP contribution in [0.5, 0.6) is 5.75 Å². The van der Waals surface area contributed by atoms with Crippen molar-refractivity contribution >= 4 is 10.9 Å². The molecule has 0 saturated carbocycles. The lowest BCUT2D eigenvalue weighted by atomic mass is 10.2. The number of halogens is 3. The Balaban J connectivity index is 2.13. The number of pyridine rings is 1. The van der Waals surface area contributed by atoms with Crippen LogP contribution in [0, 0.1) is 6.20 Å². The second kappa shape index (κ2) is 4.61. The van der Waals surface area contributed by atoms with E-state index in [-0.39, 0.29) is 0 Å². The van der Waals surface area contributed by atoms with Crippen LogP contribution in [-0.4, -0.2) is 17.8 Å². The average molecular weight is 240 g/mol. The first kappa shape index (κ1) is 11.7. The van der Waals surface area contributed by atoms with Gasteiger partial charge in [-0.25, -0.2) is 4.98 Å². The van der Waals surface area contributed by atoms with Crippen LogP contribution in [0.3, 0.4) is 0 Å². The predicted molar refractivity (Wildman–Crippen MR) is 56.7 cm³/mol. The maximum Gasteiger partial charge on any atom is 0.392 e. The van der Waals surface area contributed by atoms with Crippen molar-refractivity contribution in [2.24, 2.45) is 0 Å². The van der Waals surface area contributed by atoms with E-state index in [1.165, 1.54) is 6.07 Å². The molecule has 89 valence electrons. The maximum atomic E-state index is 12.0. The Labute approximate surface area is 96.0 Å². The molecule has 2 rings (SSSR count). The van der Waals surface area contributed by atoms with E-state index in [1.54, 1.807) is 24.3 Å². The van der Waals surface area contributed by atoms with Crippen LogP contribution < -0.4 is 4.74 Å². The van der Waals surface area contributed by atoms with Gasteiger partial charge in [-0.1, -0.05) is 12.1 Å². The van der Waals surface area contributed by atoms with Gasteiger partial charge < -0.3 is 4.74 Å². The van der Waals surface area contributed by atoms with Crippen LogP contribution in [0.2, 0.25) is 0 Å². The van der Waals surface area contributed by atoms with Gasteiger partial charge in [0.15, 0.2) is 0 Å². The number of hydrogen-bond donors (Lipinski definition) is 0. The molecular weight excluding hydrogens is 231 g/mol. The lowest BCUT2D eigenvalue weighted by Crippen LogP contribution is -2.13. The summed E-state index contributed by atoms with van der Waals surface area (Å²) >= 11 is 0. The molecule has 1 heterocycles. The molecule has 2 nitrogen and oxygen atoms in total. The summed E-state index contributed by atoms with van der Waals surface area (Å²) in [6, 6.07) is 8.52. The Morgan fingerprint density at radius 3 is 2.76 bits per heavy atom. The van der Waals surface area contributed by atoms with E-state index >= 15 is 0 Å². The van der Waals surface area contributed by atoms with Gasteiger partial charge in [-0.2, -0.15) is 13.2 Å². The fraction of sp³-hybridized carbons (Fsp3) is 0.250. The number of benzene rings is 1. The summed E-state index contributed by atoms with van der Waals surface area (Å²) < 4.78 is 41.0. The Morgan fingerprint density at radius 1 is 1.24 bits per heavy atom. The van der Waals surface area contributed by atoms with E-state index in [4.69, 9.17) is 4.74 Å². The molecule has 2 aromatic rings. The fourth-order valence-corrected chi connectivity index (χ4v) is 1.41. The van der Waals surface area contributed by atoms with Crippen molar-refractivity contribution in [3.63, 3.8) is 0 Å². The van der Waals surface area contributed by atoms with Crippen molar-refractivity contribution in [3.8, 4) is 5.75 Å². The Kier molecular flexibility index (Phi) is 3.17. The summed E-state index contributed by atoms with van der Waals surface area (Å²) in [4.78, 5) is 3.97. The average Bonchev–Trinajstić information content (AvgIpc) is 2.28. The largest absolute Gasteiger partial charge is 0.492 e. The third-order valence-corrected chi connectivity index (χ3v) is 2.19. The van der Waals surface area contributed by atoms with Crippen LogP contribution in [0.4, 0.5) is 13.2 Å². The summed E-state index contributed by atoms with van der Waals surface area (Å²) in [6.07, 6.45) is -2.58. The van der Waals surface area contributed by atoms with Gasteiger partial charge in [0.1, 0.15) is 5.75 Å². The molecule has 0 amide bonds. The van der Waals surface area contributed by atoms with Crippen LogP contribution in [0.25, 0.3) is 10.9 Å². The summed E-state index contributed by atoms with van der Waals surface area (Å²) in [5.41, 5.74) is 0.650. The van der Waals surface area contributed by atoms with Gasteiger partial charge in [0.25, 0.3) is 0 Å². The normalized spacial score (nSPS) is 11.7. The standard InChI is InChI=1S/C12H9F3NO/c13-12(14,15)6-8-17-11-5-7-16-10-4-2-1-3-9(10)11/h1-5H,6,8H2. The van der Waals surface area contributed by atoms with E-state index in [0.29, 0.717) is 16.7 Å². The van der Waals surface area contributed by atoms with Gasteiger partial charge in [0, 0.05) is 11.5 Å². The summed E-state index contributed by atoms with van der Waals surface area (Å²) in [5, 5.41) is 0.688. The van der Waals surface area contributed by atoms with Crippen molar-refractivity contribution in [3.05, 3.63) is 36.5 Å². The molecule has 0 fully saturated rings. The second-order valence-electron chi connectivity index (χ2n) is 3.48. The molecule has 17 heavy (non-hydrogen) atoms. The smallest absolute Gasteiger partial charge is 0.392 e. The molecule has 0 aliphatic heterocycles. The Morgan fingerprint density at radius 2 is 2.00 bits per heavy atom. The zero-order chi connectivity index (χ0) is 12.3. The van der Waals surface area contributed by atoms with Gasteiger partial charge in [0.05, 0.1) is 24.7 Å². The molecule has 0 N–H and O–H groups in total. The molecule has 0 aliphatic carbocycles. The molecule has 0 atom stereocenters. The van der Waals surface area contributed by atoms with Crippen LogP contribution in [-0.2, 0) is 0 Å². The highest BCUT2D eigenvalue weighted by Crippen LogP contribution is 2.25. The maximum absolute atomic E-state index is 12.0. The molecular formula is C12H9F3NO. The molecule has 0 aliphatic rings. The molecule has 1 radical (unpaired) electrons. The zero-order valence-corrected chi connectivity index (χ0v) is 8.79. The highest BCUT2D eigenvalue weighted by molar-refractivity contribution is 5.84. The van der Waals surface area contributed by atoms with Crippen molar-refractivity contribution in [1.29, 1.82) is 0 Å². The minimum Gasteiger partial charge on any atom is -0.492 e. The molecule has 1 aromatic heterocycles. The van der Waals surface area contributed by atoms with Crippen molar-refractivity contribution < 1.29 is 17.9 Å². The minimum absolute atomic E-state index is 0.375. The number of fused-ring (bicyclic) bond motifs is 1. The SMILES string of the molecule is FC(F)(F)CCOc1c[c]nc2ccccc12. The van der Waals surface area contributed by atoms with Gasteiger partial charge >= 0.3 is 6.18 Å². The Hall–Kier alpha value is -1.78. The molecule has 0 bridgehead atoms. The third kappa shape index (κ3) is 3.09. The zero-order valence-electron chi connectivity index (χ0n) is 8.79. The molecule has 0 saturated heterocycles. The number of ether oxygens (including phenoxy) is 1. The third-order valence-electron chi connectivity index (χ3n) is 2.19. The number of hydrogen-bond acceptors (Lipinski definition) is 2. The lowest BCUT2D eigenvalue weighted by molar-refractivity contribution is -0.139. The molecule has 0 spiro atoms. The van der Waals surface area contributed by atoms with E-state index in [1.807, 2.05) is 0 Å². The first-order valence-electron chi connectivity index (χ1n) is 5.02. The molecule has 1 aromatic carbocycles. The summed E-state index contributed by atoms with van der Waals surface area (Å²) in [6.45, 7) is -0.397. The highest BCUT2D eigenvalue weighted by atomic mass is 19.4. The van der Waals surface area contributed by atoms with E-state index in [9.17, 15) is 13.2 Å². The predicted octanol–water partition coefficient (Wildman–Crippen LogP) is 3.37. The number of aromatic nitrogens is 1. The van der Waals surface area contributed by atoms with E-state index in [0.717, 1.165) is 0 Å². The lowest BCUT2D eigenvalue weighted by Gasteiger charge is -2.10. The minimum atomic E-state index is -4.20. The summed E-state index contributed by atoms with van der Waals surface area (Å²) in [7, 11) is 0. The van der Waals surface area contributed by atoms with E-state index in [2.05, 4.69) is 11.2 Å². The first-order chi connectivity index (χ1) is 8.06. The second-order valence-corrected chi connectivity index (χ2v) is 3.48. The van der Waals surface area contributed by atoms with Gasteiger partial charge in [0.2, 0.25) is 0 Å². The van der Waals surface area contributed by atoms with Crippen LogP contribution in [0.15, 0.2) is 30.3 Å². The Bertz CT molecular complexity index is 505. The quantitative estimate of drug-likeness (QED) is 0.820. The topological polar surface area (TPSA) is 22.1 Å². The van der Waals surface area contributed by atoms with Gasteiger partial charge in [-0.05, 0) is 12.1 Å². The van der Waals surface area contributed by atoms with Crippen LogP contribution in [0.1, 0.15) is 6.42 Å². The van der Waals surface area contributed by atoms with Gasteiger partial charge in [-0.15, -0.1) is 0 Å². The number of nitrogens with zero attached hydrogens (tertiary/aromatic N) is 1. The van der Waals surface area contributed by atoms with Gasteiger partial charge in [-0.3, -0.25) is 0 Å². The highest BCUT2D eigenvalue weighted by Gasteiger charge is 2.26.